The lowest BCUT2D eigenvalue weighted by molar-refractivity contribution is 0.555. The third kappa shape index (κ3) is 3.72. The summed E-state index contributed by atoms with van der Waals surface area (Å²) in [6.45, 7) is 5.26. The third-order valence-electron chi connectivity index (χ3n) is 3.66. The Labute approximate surface area is 126 Å². The summed E-state index contributed by atoms with van der Waals surface area (Å²) in [7, 11) is 0. The number of imidazole rings is 1. The maximum absolute atomic E-state index is 6.01. The van der Waals surface area contributed by atoms with Gasteiger partial charge in [0.15, 0.2) is 5.65 Å². The first-order chi connectivity index (χ1) is 9.76. The van der Waals surface area contributed by atoms with Crippen LogP contribution in [0, 0.1) is 6.92 Å². The summed E-state index contributed by atoms with van der Waals surface area (Å²) in [6.07, 6.45) is 9.67. The van der Waals surface area contributed by atoms with Gasteiger partial charge in [0.1, 0.15) is 11.3 Å². The molecule has 0 saturated carbocycles. The van der Waals surface area contributed by atoms with Crippen molar-refractivity contribution < 1.29 is 0 Å². The zero-order valence-corrected chi connectivity index (χ0v) is 13.3. The molecule has 0 fully saturated rings. The highest BCUT2D eigenvalue weighted by Gasteiger charge is 2.10. The summed E-state index contributed by atoms with van der Waals surface area (Å²) in [4.78, 5) is 9.11. The van der Waals surface area contributed by atoms with Crippen LogP contribution in [0.15, 0.2) is 12.3 Å². The van der Waals surface area contributed by atoms with Gasteiger partial charge in [-0.25, -0.2) is 9.97 Å². The van der Waals surface area contributed by atoms with Crippen molar-refractivity contribution in [3.8, 4) is 0 Å². The van der Waals surface area contributed by atoms with Gasteiger partial charge in [0.05, 0.1) is 5.88 Å². The molecule has 2 aromatic heterocycles. The van der Waals surface area contributed by atoms with E-state index in [0.717, 1.165) is 29.1 Å². The number of hydrogen-bond acceptors (Lipinski definition) is 2. The second-order valence-corrected chi connectivity index (χ2v) is 5.70. The van der Waals surface area contributed by atoms with Gasteiger partial charge in [-0.2, -0.15) is 0 Å². The van der Waals surface area contributed by atoms with Crippen molar-refractivity contribution in [2.75, 3.05) is 0 Å². The third-order valence-corrected chi connectivity index (χ3v) is 3.89. The second kappa shape index (κ2) is 7.63. The Morgan fingerprint density at radius 1 is 1.15 bits per heavy atom. The lowest BCUT2D eigenvalue weighted by Crippen LogP contribution is -2.03. The van der Waals surface area contributed by atoms with Crippen LogP contribution >= 0.6 is 11.6 Å². The van der Waals surface area contributed by atoms with E-state index in [2.05, 4.69) is 27.5 Å². The first-order valence-electron chi connectivity index (χ1n) is 7.64. The van der Waals surface area contributed by atoms with Gasteiger partial charge >= 0.3 is 0 Å². The SMILES string of the molecule is CCCCCCCCn1c(CCl)nc2cc(C)cnc21. The smallest absolute Gasteiger partial charge is 0.160 e. The number of rotatable bonds is 8. The molecule has 0 aliphatic heterocycles. The van der Waals surface area contributed by atoms with E-state index in [1.54, 1.807) is 0 Å². The van der Waals surface area contributed by atoms with Crippen molar-refractivity contribution in [1.82, 2.24) is 14.5 Å². The molecule has 0 aliphatic rings. The molecule has 0 saturated heterocycles. The predicted octanol–water partition coefficient (Wildman–Crippen LogP) is 4.84. The second-order valence-electron chi connectivity index (χ2n) is 5.44. The van der Waals surface area contributed by atoms with Crippen LogP contribution in [0.4, 0.5) is 0 Å². The predicted molar refractivity (Wildman–Crippen MR) is 85.2 cm³/mol. The topological polar surface area (TPSA) is 30.7 Å². The van der Waals surface area contributed by atoms with Crippen molar-refractivity contribution in [3.63, 3.8) is 0 Å². The van der Waals surface area contributed by atoms with Gasteiger partial charge < -0.3 is 4.57 Å². The van der Waals surface area contributed by atoms with Crippen LogP contribution in [-0.4, -0.2) is 14.5 Å². The number of aromatic nitrogens is 3. The van der Waals surface area contributed by atoms with E-state index in [-0.39, 0.29) is 0 Å². The number of pyridine rings is 1. The monoisotopic (exact) mass is 293 g/mol. The fourth-order valence-corrected chi connectivity index (χ4v) is 2.75. The summed E-state index contributed by atoms with van der Waals surface area (Å²) in [5.74, 6) is 1.39. The molecule has 3 nitrogen and oxygen atoms in total. The van der Waals surface area contributed by atoms with Gasteiger partial charge in [-0.3, -0.25) is 0 Å². The van der Waals surface area contributed by atoms with Crippen LogP contribution in [0.5, 0.6) is 0 Å². The Hall–Kier alpha value is -1.09. The summed E-state index contributed by atoms with van der Waals surface area (Å²) < 4.78 is 2.18. The highest BCUT2D eigenvalue weighted by molar-refractivity contribution is 6.16. The lowest BCUT2D eigenvalue weighted by Gasteiger charge is -2.07. The molecule has 0 N–H and O–H groups in total. The fourth-order valence-electron chi connectivity index (χ4n) is 2.55. The van der Waals surface area contributed by atoms with Crippen molar-refractivity contribution in [1.29, 1.82) is 0 Å². The Morgan fingerprint density at radius 3 is 2.65 bits per heavy atom. The van der Waals surface area contributed by atoms with E-state index in [0.29, 0.717) is 5.88 Å². The Kier molecular flexibility index (Phi) is 5.84. The van der Waals surface area contributed by atoms with Gasteiger partial charge in [-0.15, -0.1) is 11.6 Å². The molecule has 0 bridgehead atoms. The van der Waals surface area contributed by atoms with Crippen molar-refractivity contribution >= 4 is 22.8 Å². The van der Waals surface area contributed by atoms with E-state index >= 15 is 0 Å². The molecule has 0 spiro atoms. The van der Waals surface area contributed by atoms with Crippen LogP contribution in [0.25, 0.3) is 11.2 Å². The largest absolute Gasteiger partial charge is 0.312 e. The van der Waals surface area contributed by atoms with Gasteiger partial charge in [-0.05, 0) is 25.0 Å². The number of fused-ring (bicyclic) bond motifs is 1. The molecule has 2 rings (SSSR count). The molecule has 110 valence electrons. The highest BCUT2D eigenvalue weighted by atomic mass is 35.5. The summed E-state index contributed by atoms with van der Waals surface area (Å²) in [5, 5.41) is 0. The number of nitrogens with zero attached hydrogens (tertiary/aromatic N) is 3. The van der Waals surface area contributed by atoms with Crippen LogP contribution < -0.4 is 0 Å². The van der Waals surface area contributed by atoms with Crippen molar-refractivity contribution in [2.45, 2.75) is 64.8 Å². The summed E-state index contributed by atoms with van der Waals surface area (Å²) in [5.41, 5.74) is 3.08. The van der Waals surface area contributed by atoms with Crippen LogP contribution in [0.3, 0.4) is 0 Å². The van der Waals surface area contributed by atoms with E-state index in [4.69, 9.17) is 11.6 Å². The molecule has 0 radical (unpaired) electrons. The first kappa shape index (κ1) is 15.3. The molecule has 0 atom stereocenters. The Bertz CT molecular complexity index is 548. The minimum atomic E-state index is 0.450. The van der Waals surface area contributed by atoms with Crippen molar-refractivity contribution in [2.24, 2.45) is 0 Å². The minimum Gasteiger partial charge on any atom is -0.312 e. The molecule has 0 aromatic carbocycles. The molecule has 2 heterocycles. The Morgan fingerprint density at radius 2 is 1.90 bits per heavy atom. The summed E-state index contributed by atoms with van der Waals surface area (Å²) in [6, 6.07) is 2.08. The van der Waals surface area contributed by atoms with E-state index < -0.39 is 0 Å². The van der Waals surface area contributed by atoms with E-state index in [9.17, 15) is 0 Å². The normalized spacial score (nSPS) is 11.3. The molecule has 0 aliphatic carbocycles. The zero-order chi connectivity index (χ0) is 14.4. The Balaban J connectivity index is 2.01. The quantitative estimate of drug-likeness (QED) is 0.515. The molecule has 0 unspecified atom stereocenters. The van der Waals surface area contributed by atoms with Crippen LogP contribution in [-0.2, 0) is 12.4 Å². The molecular formula is C16H24ClN3. The maximum atomic E-state index is 6.01. The van der Waals surface area contributed by atoms with Crippen LogP contribution in [0.1, 0.15) is 56.8 Å². The van der Waals surface area contributed by atoms with Crippen LogP contribution in [0.2, 0.25) is 0 Å². The van der Waals surface area contributed by atoms with E-state index in [1.807, 2.05) is 13.1 Å². The van der Waals surface area contributed by atoms with Gasteiger partial charge in [0, 0.05) is 12.7 Å². The number of aryl methyl sites for hydroxylation is 2. The average Bonchev–Trinajstić information content (AvgIpc) is 2.79. The molecule has 20 heavy (non-hydrogen) atoms. The van der Waals surface area contributed by atoms with Gasteiger partial charge in [0.25, 0.3) is 0 Å². The first-order valence-corrected chi connectivity index (χ1v) is 8.17. The molecule has 4 heteroatoms. The standard InChI is InChI=1S/C16H24ClN3/c1-3-4-5-6-7-8-9-20-15(11-17)19-14-10-13(2)12-18-16(14)20/h10,12H,3-9,11H2,1-2H3. The minimum absolute atomic E-state index is 0.450. The highest BCUT2D eigenvalue weighted by Crippen LogP contribution is 2.18. The summed E-state index contributed by atoms with van der Waals surface area (Å²) >= 11 is 6.01. The zero-order valence-electron chi connectivity index (χ0n) is 12.5. The number of unbranched alkanes of at least 4 members (excludes halogenated alkanes) is 5. The molecule has 0 amide bonds. The van der Waals surface area contributed by atoms with E-state index in [1.165, 1.54) is 38.5 Å². The molecule has 2 aromatic rings. The number of hydrogen-bond donors (Lipinski definition) is 0. The lowest BCUT2D eigenvalue weighted by atomic mass is 10.1. The van der Waals surface area contributed by atoms with Crippen molar-refractivity contribution in [3.05, 3.63) is 23.7 Å². The average molecular weight is 294 g/mol. The fraction of sp³-hybridized carbons (Fsp3) is 0.625. The van der Waals surface area contributed by atoms with Gasteiger partial charge in [-0.1, -0.05) is 39.0 Å². The number of alkyl halides is 1. The molecular weight excluding hydrogens is 270 g/mol. The number of halogens is 1. The van der Waals surface area contributed by atoms with Gasteiger partial charge in [0.2, 0.25) is 0 Å². The maximum Gasteiger partial charge on any atom is 0.160 e.